The van der Waals surface area contributed by atoms with Crippen LogP contribution in [0.5, 0.6) is 0 Å². The molecule has 1 aromatic heterocycles. The van der Waals surface area contributed by atoms with Crippen LogP contribution < -0.4 is 5.32 Å². The van der Waals surface area contributed by atoms with Gasteiger partial charge in [-0.05, 0) is 68.3 Å². The van der Waals surface area contributed by atoms with E-state index >= 15 is 0 Å². The zero-order valence-corrected chi connectivity index (χ0v) is 20.1. The topological polar surface area (TPSA) is 71.5 Å². The summed E-state index contributed by atoms with van der Waals surface area (Å²) in [5.41, 5.74) is 0.538. The number of rotatable bonds is 5. The Hall–Kier alpha value is -3.47. The molecule has 190 valence electrons. The molecule has 0 unspecified atom stereocenters. The minimum absolute atomic E-state index is 0.00694. The molecule has 3 aromatic rings. The lowest BCUT2D eigenvalue weighted by Crippen LogP contribution is -2.40. The molecule has 0 bridgehead atoms. The van der Waals surface area contributed by atoms with Crippen molar-refractivity contribution < 1.29 is 31.9 Å². The van der Waals surface area contributed by atoms with E-state index in [0.29, 0.717) is 42.1 Å². The number of carbonyl (C=O) groups is 2. The molecule has 11 heteroatoms. The maximum absolute atomic E-state index is 13.4. The van der Waals surface area contributed by atoms with E-state index in [2.05, 4.69) is 10.3 Å². The first-order chi connectivity index (χ1) is 17.2. The van der Waals surface area contributed by atoms with E-state index in [4.69, 9.17) is 4.74 Å². The number of urea groups is 1. The Balaban J connectivity index is 1.43. The van der Waals surface area contributed by atoms with Gasteiger partial charge in [0, 0.05) is 30.3 Å². The van der Waals surface area contributed by atoms with E-state index < -0.39 is 29.6 Å². The summed E-state index contributed by atoms with van der Waals surface area (Å²) < 4.78 is 56.8. The number of hydrogen-bond acceptors (Lipinski definition) is 5. The number of nitrogens with one attached hydrogen (secondary N) is 1. The number of nitrogens with zero attached hydrogens (tertiary/aromatic N) is 2. The number of likely N-dealkylation sites (tertiary alicyclic amines) is 1. The Morgan fingerprint density at radius 2 is 1.72 bits per heavy atom. The number of piperidine rings is 1. The summed E-state index contributed by atoms with van der Waals surface area (Å²) in [5.74, 6) is -0.879. The second kappa shape index (κ2) is 10.7. The lowest BCUT2D eigenvalue weighted by atomic mass is 9.97. The molecule has 1 aliphatic rings. The fourth-order valence-corrected chi connectivity index (χ4v) is 5.08. The standard InChI is InChI=1S/C25H23F4N3O3S/c1-2-35-23(33)21-20(15-3-7-18(26)8-4-15)31-22(36-21)16-11-13-32(14-12-16)24(34)30-19-9-5-17(6-10-19)25(27,28)29/h3-10,16H,2,11-14H2,1H3,(H,30,34). The Morgan fingerprint density at radius 3 is 2.31 bits per heavy atom. The molecule has 2 amide bonds. The number of halogens is 4. The first-order valence-electron chi connectivity index (χ1n) is 11.3. The van der Waals surface area contributed by atoms with Gasteiger partial charge in [-0.2, -0.15) is 13.2 Å². The zero-order chi connectivity index (χ0) is 25.9. The van der Waals surface area contributed by atoms with E-state index in [9.17, 15) is 27.2 Å². The van der Waals surface area contributed by atoms with Crippen LogP contribution in [0.1, 0.15) is 45.9 Å². The van der Waals surface area contributed by atoms with Gasteiger partial charge in [0.15, 0.2) is 0 Å². The molecule has 2 aromatic carbocycles. The van der Waals surface area contributed by atoms with Crippen molar-refractivity contribution in [2.45, 2.75) is 31.9 Å². The summed E-state index contributed by atoms with van der Waals surface area (Å²) >= 11 is 1.24. The molecule has 1 fully saturated rings. The molecule has 0 radical (unpaired) electrons. The van der Waals surface area contributed by atoms with Crippen LogP contribution in [0.4, 0.5) is 28.0 Å². The van der Waals surface area contributed by atoms with Gasteiger partial charge < -0.3 is 15.0 Å². The van der Waals surface area contributed by atoms with Crippen molar-refractivity contribution in [3.05, 3.63) is 69.8 Å². The molecule has 0 saturated carbocycles. The molecular formula is C25H23F4N3O3S. The van der Waals surface area contributed by atoms with E-state index in [0.717, 1.165) is 17.1 Å². The zero-order valence-electron chi connectivity index (χ0n) is 19.3. The largest absolute Gasteiger partial charge is 0.462 e. The van der Waals surface area contributed by atoms with Crippen molar-refractivity contribution in [3.8, 4) is 11.3 Å². The molecule has 1 saturated heterocycles. The fraction of sp³-hybridized carbons (Fsp3) is 0.320. The van der Waals surface area contributed by atoms with E-state index in [1.54, 1.807) is 24.0 Å². The highest BCUT2D eigenvalue weighted by Crippen LogP contribution is 2.37. The first-order valence-corrected chi connectivity index (χ1v) is 12.1. The van der Waals surface area contributed by atoms with Gasteiger partial charge in [0.1, 0.15) is 10.7 Å². The molecule has 0 aliphatic carbocycles. The summed E-state index contributed by atoms with van der Waals surface area (Å²) in [4.78, 5) is 31.8. The number of anilines is 1. The van der Waals surface area contributed by atoms with Crippen molar-refractivity contribution in [1.82, 2.24) is 9.88 Å². The van der Waals surface area contributed by atoms with E-state index in [1.165, 1.54) is 35.6 Å². The maximum atomic E-state index is 13.4. The minimum Gasteiger partial charge on any atom is -0.462 e. The van der Waals surface area contributed by atoms with E-state index in [1.807, 2.05) is 0 Å². The number of carbonyl (C=O) groups excluding carboxylic acids is 2. The van der Waals surface area contributed by atoms with Crippen LogP contribution in [0.2, 0.25) is 0 Å². The molecule has 36 heavy (non-hydrogen) atoms. The third-order valence-electron chi connectivity index (χ3n) is 5.82. The summed E-state index contributed by atoms with van der Waals surface area (Å²) in [5, 5.41) is 3.36. The van der Waals surface area contributed by atoms with Crippen LogP contribution in [-0.4, -0.2) is 41.6 Å². The summed E-state index contributed by atoms with van der Waals surface area (Å²) in [6.45, 7) is 2.75. The highest BCUT2D eigenvalue weighted by Gasteiger charge is 2.31. The molecule has 1 aliphatic heterocycles. The lowest BCUT2D eigenvalue weighted by Gasteiger charge is -2.31. The average molecular weight is 522 g/mol. The predicted octanol–water partition coefficient (Wildman–Crippen LogP) is 6.56. The van der Waals surface area contributed by atoms with Gasteiger partial charge in [-0.25, -0.2) is 19.0 Å². The van der Waals surface area contributed by atoms with Crippen molar-refractivity contribution in [2.24, 2.45) is 0 Å². The molecule has 1 N–H and O–H groups in total. The lowest BCUT2D eigenvalue weighted by molar-refractivity contribution is -0.137. The van der Waals surface area contributed by atoms with Crippen molar-refractivity contribution in [3.63, 3.8) is 0 Å². The number of esters is 1. The number of aromatic nitrogens is 1. The van der Waals surface area contributed by atoms with E-state index in [-0.39, 0.29) is 18.2 Å². The Bertz CT molecular complexity index is 1220. The quantitative estimate of drug-likeness (QED) is 0.305. The van der Waals surface area contributed by atoms with Crippen molar-refractivity contribution in [2.75, 3.05) is 25.0 Å². The van der Waals surface area contributed by atoms with Crippen molar-refractivity contribution in [1.29, 1.82) is 0 Å². The minimum atomic E-state index is -4.44. The summed E-state index contributed by atoms with van der Waals surface area (Å²) in [7, 11) is 0. The van der Waals surface area contributed by atoms with Gasteiger partial charge in [0.2, 0.25) is 0 Å². The number of benzene rings is 2. The van der Waals surface area contributed by atoms with Crippen LogP contribution in [0, 0.1) is 5.82 Å². The maximum Gasteiger partial charge on any atom is 0.416 e. The predicted molar refractivity (Wildman–Crippen MR) is 127 cm³/mol. The number of amides is 2. The normalized spacial score (nSPS) is 14.5. The second-order valence-electron chi connectivity index (χ2n) is 8.22. The Morgan fingerprint density at radius 1 is 1.08 bits per heavy atom. The van der Waals surface area contributed by atoms with Gasteiger partial charge in [-0.15, -0.1) is 11.3 Å². The highest BCUT2D eigenvalue weighted by molar-refractivity contribution is 7.14. The SMILES string of the molecule is CCOC(=O)c1sc(C2CCN(C(=O)Nc3ccc(C(F)(F)F)cc3)CC2)nc1-c1ccc(F)cc1. The van der Waals surface area contributed by atoms with Crippen LogP contribution in [-0.2, 0) is 10.9 Å². The molecule has 0 spiro atoms. The third kappa shape index (κ3) is 5.84. The highest BCUT2D eigenvalue weighted by atomic mass is 32.1. The van der Waals surface area contributed by atoms with Crippen molar-refractivity contribution >= 4 is 29.0 Å². The molecule has 2 heterocycles. The number of ether oxygens (including phenoxy) is 1. The van der Waals surface area contributed by atoms with Gasteiger partial charge >= 0.3 is 18.2 Å². The number of hydrogen-bond donors (Lipinski definition) is 1. The molecule has 4 rings (SSSR count). The first kappa shape index (κ1) is 25.6. The molecule has 0 atom stereocenters. The van der Waals surface area contributed by atoms with Gasteiger partial charge in [-0.3, -0.25) is 0 Å². The molecule has 6 nitrogen and oxygen atoms in total. The smallest absolute Gasteiger partial charge is 0.416 e. The van der Waals surface area contributed by atoms with Gasteiger partial charge in [-0.1, -0.05) is 0 Å². The summed E-state index contributed by atoms with van der Waals surface area (Å²) in [6, 6.07) is 9.61. The Labute approximate surface area is 208 Å². The van der Waals surface area contributed by atoms with Crippen LogP contribution in [0.3, 0.4) is 0 Å². The molecular weight excluding hydrogens is 498 g/mol. The third-order valence-corrected chi connectivity index (χ3v) is 7.01. The fourth-order valence-electron chi connectivity index (χ4n) is 3.92. The monoisotopic (exact) mass is 521 g/mol. The average Bonchev–Trinajstić information content (AvgIpc) is 3.30. The van der Waals surface area contributed by atoms with Gasteiger partial charge in [0.25, 0.3) is 0 Å². The van der Waals surface area contributed by atoms with Crippen LogP contribution in [0.15, 0.2) is 48.5 Å². The van der Waals surface area contributed by atoms with Crippen LogP contribution >= 0.6 is 11.3 Å². The number of thiazole rings is 1. The van der Waals surface area contributed by atoms with Gasteiger partial charge in [0.05, 0.1) is 22.9 Å². The second-order valence-corrected chi connectivity index (χ2v) is 9.25. The Kier molecular flexibility index (Phi) is 7.58. The number of alkyl halides is 3. The summed E-state index contributed by atoms with van der Waals surface area (Å²) in [6.07, 6.45) is -3.25. The van der Waals surface area contributed by atoms with Crippen LogP contribution in [0.25, 0.3) is 11.3 Å².